The van der Waals surface area contributed by atoms with Crippen molar-refractivity contribution in [1.82, 2.24) is 0 Å². The van der Waals surface area contributed by atoms with Crippen LogP contribution >= 0.6 is 12.2 Å². The molecule has 25 heavy (non-hydrogen) atoms. The molecule has 0 aliphatic heterocycles. The van der Waals surface area contributed by atoms with Crippen LogP contribution in [0.2, 0.25) is 0 Å². The number of hydrogen-bond donors (Lipinski definition) is 1. The molecule has 1 aromatic heterocycles. The Morgan fingerprint density at radius 3 is 2.72 bits per heavy atom. The van der Waals surface area contributed by atoms with Crippen LogP contribution < -0.4 is 0 Å². The van der Waals surface area contributed by atoms with Crippen molar-refractivity contribution in [2.45, 2.75) is 19.8 Å². The van der Waals surface area contributed by atoms with Gasteiger partial charge in [0, 0.05) is 5.39 Å². The largest absolute Gasteiger partial charge is 0.478 e. The number of hydrogen-bond acceptors (Lipinski definition) is 3. The molecule has 0 amide bonds. The van der Waals surface area contributed by atoms with E-state index < -0.39 is 5.97 Å². The van der Waals surface area contributed by atoms with Gasteiger partial charge in [-0.1, -0.05) is 55.9 Å². The summed E-state index contributed by atoms with van der Waals surface area (Å²) in [6.07, 6.45) is 5.46. The van der Waals surface area contributed by atoms with Gasteiger partial charge in [0.1, 0.15) is 11.3 Å². The van der Waals surface area contributed by atoms with Crippen LogP contribution in [0.5, 0.6) is 0 Å². The summed E-state index contributed by atoms with van der Waals surface area (Å²) >= 11 is 5.41. The molecule has 0 saturated carbocycles. The van der Waals surface area contributed by atoms with E-state index in [-0.39, 0.29) is 5.56 Å². The zero-order chi connectivity index (χ0) is 17.8. The number of para-hydroxylation sites is 1. The number of carbonyl (C=O) groups is 1. The minimum Gasteiger partial charge on any atom is -0.478 e. The van der Waals surface area contributed by atoms with Crippen LogP contribution in [0.15, 0.2) is 52.9 Å². The third-order valence-electron chi connectivity index (χ3n) is 3.97. The standard InChI is InChI=1S/C21H18O3S/c1-2-5-14-8-11-17(21(22)23)15(12-14)9-10-16-13-20(25)18-6-3-4-7-19(18)24-16/h3-4,6-13H,2,5H2,1H3,(H,22,23). The highest BCUT2D eigenvalue weighted by Crippen LogP contribution is 2.21. The third-order valence-corrected chi connectivity index (χ3v) is 4.30. The first kappa shape index (κ1) is 17.1. The molecule has 3 nitrogen and oxygen atoms in total. The summed E-state index contributed by atoms with van der Waals surface area (Å²) < 4.78 is 6.55. The quantitative estimate of drug-likeness (QED) is 0.575. The first-order valence-corrected chi connectivity index (χ1v) is 8.56. The Hall–Kier alpha value is -2.72. The second-order valence-electron chi connectivity index (χ2n) is 5.82. The Morgan fingerprint density at radius 1 is 1.16 bits per heavy atom. The SMILES string of the molecule is CCCc1ccc(C(=O)O)c(C=Cc2cc(=S)c3ccccc3o2)c1. The Kier molecular flexibility index (Phi) is 5.10. The molecule has 0 bridgehead atoms. The summed E-state index contributed by atoms with van der Waals surface area (Å²) in [5, 5.41) is 10.3. The van der Waals surface area contributed by atoms with Gasteiger partial charge in [-0.2, -0.15) is 0 Å². The van der Waals surface area contributed by atoms with Gasteiger partial charge in [-0.3, -0.25) is 0 Å². The van der Waals surface area contributed by atoms with Crippen LogP contribution in [0.4, 0.5) is 0 Å². The molecule has 0 atom stereocenters. The smallest absolute Gasteiger partial charge is 0.336 e. The second-order valence-corrected chi connectivity index (χ2v) is 6.26. The fourth-order valence-corrected chi connectivity index (χ4v) is 3.05. The van der Waals surface area contributed by atoms with Gasteiger partial charge >= 0.3 is 5.97 Å². The third kappa shape index (κ3) is 3.86. The van der Waals surface area contributed by atoms with Gasteiger partial charge in [-0.15, -0.1) is 0 Å². The van der Waals surface area contributed by atoms with Crippen molar-refractivity contribution >= 4 is 41.3 Å². The molecule has 0 spiro atoms. The number of aromatic carboxylic acids is 1. The highest BCUT2D eigenvalue weighted by molar-refractivity contribution is 7.71. The molecule has 1 heterocycles. The molecule has 0 saturated heterocycles. The van der Waals surface area contributed by atoms with Crippen molar-refractivity contribution in [2.75, 3.05) is 0 Å². The molecule has 0 unspecified atom stereocenters. The van der Waals surface area contributed by atoms with E-state index in [2.05, 4.69) is 6.92 Å². The minimum atomic E-state index is -0.942. The van der Waals surface area contributed by atoms with Gasteiger partial charge in [0.05, 0.1) is 10.1 Å². The van der Waals surface area contributed by atoms with Crippen molar-refractivity contribution in [1.29, 1.82) is 0 Å². The van der Waals surface area contributed by atoms with Crippen LogP contribution in [0, 0.1) is 4.51 Å². The topological polar surface area (TPSA) is 50.4 Å². The summed E-state index contributed by atoms with van der Waals surface area (Å²) in [6, 6.07) is 14.8. The normalized spacial score (nSPS) is 11.2. The molecular formula is C21H18O3S. The maximum atomic E-state index is 11.5. The molecule has 0 aliphatic carbocycles. The fourth-order valence-electron chi connectivity index (χ4n) is 2.77. The fraction of sp³-hybridized carbons (Fsp3) is 0.143. The highest BCUT2D eigenvalue weighted by Gasteiger charge is 2.09. The lowest BCUT2D eigenvalue weighted by atomic mass is 10.0. The molecule has 2 aromatic carbocycles. The summed E-state index contributed by atoms with van der Waals surface area (Å²) in [5.74, 6) is -0.344. The van der Waals surface area contributed by atoms with E-state index in [1.165, 1.54) is 0 Å². The maximum absolute atomic E-state index is 11.5. The molecule has 3 aromatic rings. The van der Waals surface area contributed by atoms with Gasteiger partial charge < -0.3 is 9.52 Å². The highest BCUT2D eigenvalue weighted by atomic mass is 32.1. The van der Waals surface area contributed by atoms with Crippen molar-refractivity contribution < 1.29 is 14.3 Å². The van der Waals surface area contributed by atoms with Crippen LogP contribution in [0.1, 0.15) is 40.6 Å². The predicted octanol–water partition coefficient (Wildman–Crippen LogP) is 5.98. The zero-order valence-electron chi connectivity index (χ0n) is 13.9. The average molecular weight is 350 g/mol. The lowest BCUT2D eigenvalue weighted by Crippen LogP contribution is -2.00. The molecule has 3 rings (SSSR count). The molecule has 4 heteroatoms. The predicted molar refractivity (Wildman–Crippen MR) is 103 cm³/mol. The number of carboxylic acids is 1. The lowest BCUT2D eigenvalue weighted by Gasteiger charge is -2.05. The first-order chi connectivity index (χ1) is 12.1. The van der Waals surface area contributed by atoms with Crippen molar-refractivity contribution in [3.05, 3.63) is 75.5 Å². The van der Waals surface area contributed by atoms with Crippen molar-refractivity contribution in [3.63, 3.8) is 0 Å². The summed E-state index contributed by atoms with van der Waals surface area (Å²) in [6.45, 7) is 2.10. The summed E-state index contributed by atoms with van der Waals surface area (Å²) in [5.41, 5.74) is 2.77. The van der Waals surface area contributed by atoms with E-state index >= 15 is 0 Å². The van der Waals surface area contributed by atoms with Gasteiger partial charge in [0.2, 0.25) is 0 Å². The Labute approximate surface area is 151 Å². The first-order valence-electron chi connectivity index (χ1n) is 8.15. The van der Waals surface area contributed by atoms with Crippen LogP contribution in [0.25, 0.3) is 23.1 Å². The number of rotatable bonds is 5. The molecule has 0 fully saturated rings. The Morgan fingerprint density at radius 2 is 1.96 bits per heavy atom. The van der Waals surface area contributed by atoms with Gasteiger partial charge in [0.15, 0.2) is 0 Å². The van der Waals surface area contributed by atoms with Crippen LogP contribution in [-0.4, -0.2) is 11.1 Å². The molecule has 0 aliphatic rings. The monoisotopic (exact) mass is 350 g/mol. The van der Waals surface area contributed by atoms with E-state index in [1.807, 2.05) is 36.4 Å². The molecule has 0 radical (unpaired) electrons. The molecule has 1 N–H and O–H groups in total. The van der Waals surface area contributed by atoms with Gasteiger partial charge in [-0.05, 0) is 47.9 Å². The molecular weight excluding hydrogens is 332 g/mol. The Balaban J connectivity index is 2.02. The van der Waals surface area contributed by atoms with E-state index in [9.17, 15) is 9.90 Å². The number of benzene rings is 2. The summed E-state index contributed by atoms with van der Waals surface area (Å²) in [7, 11) is 0. The zero-order valence-corrected chi connectivity index (χ0v) is 14.7. The number of fused-ring (bicyclic) bond motifs is 1. The molecule has 126 valence electrons. The van der Waals surface area contributed by atoms with E-state index in [0.717, 1.165) is 23.8 Å². The maximum Gasteiger partial charge on any atom is 0.336 e. The number of aryl methyl sites for hydroxylation is 1. The van der Waals surface area contributed by atoms with Crippen molar-refractivity contribution in [2.24, 2.45) is 0 Å². The van der Waals surface area contributed by atoms with Gasteiger partial charge in [-0.25, -0.2) is 4.79 Å². The summed E-state index contributed by atoms with van der Waals surface area (Å²) in [4.78, 5) is 11.5. The van der Waals surface area contributed by atoms with E-state index in [1.54, 1.807) is 24.3 Å². The minimum absolute atomic E-state index is 0.274. The van der Waals surface area contributed by atoms with Crippen molar-refractivity contribution in [3.8, 4) is 0 Å². The Bertz CT molecular complexity index is 1020. The van der Waals surface area contributed by atoms with Gasteiger partial charge in [0.25, 0.3) is 0 Å². The number of carboxylic acid groups (broad SMARTS) is 1. The lowest BCUT2D eigenvalue weighted by molar-refractivity contribution is 0.0696. The van der Waals surface area contributed by atoms with E-state index in [0.29, 0.717) is 21.4 Å². The van der Waals surface area contributed by atoms with Crippen LogP contribution in [-0.2, 0) is 6.42 Å². The second kappa shape index (κ2) is 7.45. The average Bonchev–Trinajstić information content (AvgIpc) is 2.60. The van der Waals surface area contributed by atoms with E-state index in [4.69, 9.17) is 16.6 Å². The van der Waals surface area contributed by atoms with Crippen LogP contribution in [0.3, 0.4) is 0 Å².